The van der Waals surface area contributed by atoms with Gasteiger partial charge in [0.15, 0.2) is 22.9 Å². The van der Waals surface area contributed by atoms with E-state index in [0.717, 1.165) is 0 Å². The van der Waals surface area contributed by atoms with Crippen LogP contribution in [0, 0.1) is 0 Å². The maximum absolute atomic E-state index is 5.48. The number of nitrogens with two attached hydrogens (primary N) is 2. The van der Waals surface area contributed by atoms with Gasteiger partial charge >= 0.3 is 49.6 Å². The van der Waals surface area contributed by atoms with Crippen molar-refractivity contribution in [2.45, 2.75) is 0 Å². The summed E-state index contributed by atoms with van der Waals surface area (Å²) in [5.74, 6) is 0.866. The van der Waals surface area contributed by atoms with Crippen LogP contribution in [0.4, 0.5) is 11.6 Å². The number of hydrogen-bond donors (Lipinski definition) is 4. The van der Waals surface area contributed by atoms with Gasteiger partial charge in [0.05, 0.1) is 12.7 Å². The van der Waals surface area contributed by atoms with E-state index in [9.17, 15) is 0 Å². The van der Waals surface area contributed by atoms with Crippen LogP contribution in [-0.4, -0.2) is 39.9 Å². The normalized spacial score (nSPS) is 11.4. The van der Waals surface area contributed by atoms with Crippen molar-refractivity contribution in [2.24, 2.45) is 0 Å². The second kappa shape index (κ2) is 8.77. The van der Waals surface area contributed by atoms with Gasteiger partial charge in [-0.25, -0.2) is 29.9 Å². The Hall–Kier alpha value is -1.45. The van der Waals surface area contributed by atoms with E-state index in [-0.39, 0.29) is 0 Å². The Kier molecular flexibility index (Phi) is 6.97. The maximum atomic E-state index is 5.48. The number of rotatable bonds is 0. The summed E-state index contributed by atoms with van der Waals surface area (Å²) in [5, 5.41) is 0. The zero-order valence-corrected chi connectivity index (χ0v) is 17.3. The molecule has 15 heteroatoms. The van der Waals surface area contributed by atoms with Gasteiger partial charge in [0, 0.05) is 0 Å². The molecule has 0 aliphatic heterocycles. The molecule has 0 atom stereocenters. The molecule has 0 saturated carbocycles. The summed E-state index contributed by atoms with van der Waals surface area (Å²) in [5.41, 5.74) is 13.6. The molecule has 4 aromatic rings. The van der Waals surface area contributed by atoms with E-state index in [4.69, 9.17) is 49.1 Å². The van der Waals surface area contributed by atoms with Crippen LogP contribution in [0.3, 0.4) is 0 Å². The number of nitrogens with one attached hydrogen (secondary N) is 2. The number of aromatic amines is 2. The summed E-state index contributed by atoms with van der Waals surface area (Å²) >= 11 is -3.06. The standard InChI is InChI=1S/2C5H5N5.4ClH.Pt/c2*6-4-3-5(9-1-7-3)10-2-8-4;;;;;/h2*1-2H,(H3,6,7,8,9,10);4*1H;/q;;;;;;+4/p-4. The predicted octanol–water partition coefficient (Wildman–Crippen LogP) is 2.63. The third-order valence-corrected chi connectivity index (χ3v) is 2.50. The first-order valence-corrected chi connectivity index (χ1v) is 17.3. The number of H-pyrrole nitrogens is 2. The first-order valence-electron chi connectivity index (χ1n) is 6.02. The topological polar surface area (TPSA) is 161 Å². The van der Waals surface area contributed by atoms with E-state index in [1.807, 2.05) is 0 Å². The Balaban J connectivity index is 0.000000144. The summed E-state index contributed by atoms with van der Waals surface area (Å²) in [6.45, 7) is 0. The van der Waals surface area contributed by atoms with Gasteiger partial charge in [-0.3, -0.25) is 0 Å². The molecule has 10 nitrogen and oxygen atoms in total. The van der Waals surface area contributed by atoms with E-state index in [2.05, 4.69) is 39.9 Å². The van der Waals surface area contributed by atoms with Gasteiger partial charge in [-0.1, -0.05) is 0 Å². The van der Waals surface area contributed by atoms with Gasteiger partial charge in [0.25, 0.3) is 0 Å². The summed E-state index contributed by atoms with van der Waals surface area (Å²) in [6, 6.07) is 0. The molecule has 138 valence electrons. The zero-order chi connectivity index (χ0) is 18.4. The van der Waals surface area contributed by atoms with E-state index >= 15 is 0 Å². The Bertz CT molecular complexity index is 873. The number of nitrogen functional groups attached to an aromatic ring is 2. The molecule has 25 heavy (non-hydrogen) atoms. The Morgan fingerprint density at radius 2 is 1.04 bits per heavy atom. The first-order chi connectivity index (χ1) is 11.8. The van der Waals surface area contributed by atoms with Crippen molar-refractivity contribution >= 4 is 71.6 Å². The van der Waals surface area contributed by atoms with Gasteiger partial charge in [-0.15, -0.1) is 0 Å². The molecule has 0 radical (unpaired) electrons. The number of aromatic nitrogens is 8. The van der Waals surface area contributed by atoms with Crippen LogP contribution >= 0.6 is 37.7 Å². The van der Waals surface area contributed by atoms with E-state index < -0.39 is 11.9 Å². The zero-order valence-electron chi connectivity index (χ0n) is 12.0. The fourth-order valence-electron chi connectivity index (χ4n) is 1.57. The molecule has 4 aromatic heterocycles. The molecule has 0 saturated heterocycles. The van der Waals surface area contributed by atoms with E-state index in [1.165, 1.54) is 25.3 Å². The molecular weight excluding hydrogens is 597 g/mol. The van der Waals surface area contributed by atoms with Gasteiger partial charge < -0.3 is 21.4 Å². The van der Waals surface area contributed by atoms with Gasteiger partial charge in [0.1, 0.15) is 23.7 Å². The molecule has 0 spiro atoms. The number of fused-ring (bicyclic) bond motifs is 2. The number of anilines is 2. The molecule has 6 N–H and O–H groups in total. The third kappa shape index (κ3) is 6.41. The minimum atomic E-state index is -3.06. The average molecular weight is 607 g/mol. The summed E-state index contributed by atoms with van der Waals surface area (Å²) < 4.78 is 0. The second-order valence-electron chi connectivity index (χ2n) is 3.99. The molecule has 0 unspecified atom stereocenters. The van der Waals surface area contributed by atoms with Crippen molar-refractivity contribution in [2.75, 3.05) is 11.5 Å². The minimum absolute atomic E-state index is 0.433. The molecule has 0 aromatic carbocycles. The van der Waals surface area contributed by atoms with Crippen molar-refractivity contribution in [3.63, 3.8) is 0 Å². The summed E-state index contributed by atoms with van der Waals surface area (Å²) in [4.78, 5) is 28.7. The van der Waals surface area contributed by atoms with Crippen molar-refractivity contribution in [1.82, 2.24) is 39.9 Å². The molecule has 0 aliphatic carbocycles. The first kappa shape index (κ1) is 19.9. The van der Waals surface area contributed by atoms with Crippen LogP contribution in [0.15, 0.2) is 25.3 Å². The molecule has 0 aliphatic rings. The Morgan fingerprint density at radius 1 is 0.680 bits per heavy atom. The Labute approximate surface area is 159 Å². The SMILES string of the molecule is Nc1ncnc2nc[nH]c12.Nc1ncnc2nc[nH]c12.[Cl][Pt]([Cl])([Cl])[Cl]. The monoisotopic (exact) mass is 605 g/mol. The predicted molar refractivity (Wildman–Crippen MR) is 95.6 cm³/mol. The van der Waals surface area contributed by atoms with E-state index in [1.54, 1.807) is 0 Å². The number of hydrogen-bond acceptors (Lipinski definition) is 8. The van der Waals surface area contributed by atoms with Crippen LogP contribution < -0.4 is 11.5 Å². The molecule has 4 heterocycles. The average Bonchev–Trinajstić information content (AvgIpc) is 3.16. The number of nitrogens with zero attached hydrogens (tertiary/aromatic N) is 6. The molecule has 0 bridgehead atoms. The van der Waals surface area contributed by atoms with Crippen molar-refractivity contribution in [3.05, 3.63) is 25.3 Å². The molecular formula is C10H10Cl4N10Pt. The van der Waals surface area contributed by atoms with Crippen molar-refractivity contribution in [3.8, 4) is 0 Å². The van der Waals surface area contributed by atoms with Gasteiger partial charge in [-0.05, 0) is 0 Å². The fraction of sp³-hybridized carbons (Fsp3) is 0. The van der Waals surface area contributed by atoms with Crippen molar-refractivity contribution < 1.29 is 11.9 Å². The second-order valence-corrected chi connectivity index (χ2v) is 23.7. The van der Waals surface area contributed by atoms with Crippen LogP contribution in [0.25, 0.3) is 22.3 Å². The third-order valence-electron chi connectivity index (χ3n) is 2.50. The summed E-state index contributed by atoms with van der Waals surface area (Å²) in [7, 11) is 20.0. The molecule has 0 fully saturated rings. The van der Waals surface area contributed by atoms with Crippen molar-refractivity contribution in [1.29, 1.82) is 0 Å². The number of halogens is 4. The molecule has 4 rings (SSSR count). The van der Waals surface area contributed by atoms with Crippen LogP contribution in [0.1, 0.15) is 0 Å². The number of imidazole rings is 2. The van der Waals surface area contributed by atoms with Crippen LogP contribution in [0.2, 0.25) is 0 Å². The van der Waals surface area contributed by atoms with Gasteiger partial charge in [0.2, 0.25) is 0 Å². The van der Waals surface area contributed by atoms with Crippen LogP contribution in [0.5, 0.6) is 0 Å². The van der Waals surface area contributed by atoms with Gasteiger partial charge in [-0.2, -0.15) is 0 Å². The summed E-state index contributed by atoms with van der Waals surface area (Å²) in [6.07, 6.45) is 5.85. The molecule has 0 amide bonds. The van der Waals surface area contributed by atoms with E-state index in [0.29, 0.717) is 34.0 Å². The van der Waals surface area contributed by atoms with Crippen LogP contribution in [-0.2, 0) is 11.9 Å². The Morgan fingerprint density at radius 3 is 1.36 bits per heavy atom. The quantitative estimate of drug-likeness (QED) is 0.237. The fourth-order valence-corrected chi connectivity index (χ4v) is 1.57.